The molecule has 0 unspecified atom stereocenters. The molecule has 0 spiro atoms. The van der Waals surface area contributed by atoms with Gasteiger partial charge in [-0.25, -0.2) is 8.42 Å². The zero-order valence-electron chi connectivity index (χ0n) is 18.0. The molecule has 2 heterocycles. The van der Waals surface area contributed by atoms with E-state index in [-0.39, 0.29) is 16.6 Å². The molecule has 0 N–H and O–H groups in total. The van der Waals surface area contributed by atoms with Gasteiger partial charge >= 0.3 is 6.36 Å². The quantitative estimate of drug-likeness (QED) is 0.506. The van der Waals surface area contributed by atoms with Crippen molar-refractivity contribution in [3.63, 3.8) is 0 Å². The van der Waals surface area contributed by atoms with Crippen LogP contribution in [-0.2, 0) is 23.4 Å². The first-order valence-electron chi connectivity index (χ1n) is 10.5. The number of aryl methyl sites for hydroxylation is 1. The number of alkyl halides is 3. The van der Waals surface area contributed by atoms with Gasteiger partial charge in [0.2, 0.25) is 0 Å². The van der Waals surface area contributed by atoms with E-state index in [0.717, 1.165) is 35.5 Å². The predicted octanol–water partition coefficient (Wildman–Crippen LogP) is 4.28. The third-order valence-electron chi connectivity index (χ3n) is 5.59. The minimum absolute atomic E-state index is 0.0880. The number of hydrogen-bond acceptors (Lipinski definition) is 5. The molecule has 0 bridgehead atoms. The van der Waals surface area contributed by atoms with E-state index in [9.17, 15) is 21.6 Å². The fourth-order valence-electron chi connectivity index (χ4n) is 4.07. The van der Waals surface area contributed by atoms with E-state index in [4.69, 9.17) is 0 Å². The summed E-state index contributed by atoms with van der Waals surface area (Å²) in [7, 11) is -1.87. The number of sulfone groups is 1. The Hall–Kier alpha value is -2.85. The van der Waals surface area contributed by atoms with Crippen molar-refractivity contribution in [3.05, 3.63) is 66.4 Å². The van der Waals surface area contributed by atoms with Crippen LogP contribution in [0.15, 0.2) is 65.7 Å². The maximum Gasteiger partial charge on any atom is 0.573 e. The number of aromatic nitrogens is 2. The molecule has 6 nitrogen and oxygen atoms in total. The van der Waals surface area contributed by atoms with Crippen molar-refractivity contribution in [2.24, 2.45) is 13.0 Å². The highest BCUT2D eigenvalue weighted by Crippen LogP contribution is 2.28. The lowest BCUT2D eigenvalue weighted by molar-refractivity contribution is -0.274. The van der Waals surface area contributed by atoms with Gasteiger partial charge in [-0.15, -0.1) is 13.2 Å². The SMILES string of the molecule is Cn1ccc(-c2ccc(CN3CC[C@@H](CS(=O)(=O)c4cccc(OC(F)(F)F)c4)C3)cc2)n1. The molecule has 3 aromatic rings. The third kappa shape index (κ3) is 6.14. The first-order valence-corrected chi connectivity index (χ1v) is 12.1. The molecule has 0 amide bonds. The molecule has 1 saturated heterocycles. The minimum atomic E-state index is -4.87. The lowest BCUT2D eigenvalue weighted by Gasteiger charge is -2.17. The summed E-state index contributed by atoms with van der Waals surface area (Å²) in [6.07, 6.45) is -2.27. The number of ether oxygens (including phenoxy) is 1. The van der Waals surface area contributed by atoms with Crippen LogP contribution in [-0.4, -0.2) is 48.3 Å². The third-order valence-corrected chi connectivity index (χ3v) is 7.48. The lowest BCUT2D eigenvalue weighted by Crippen LogP contribution is -2.23. The average Bonchev–Trinajstić information content (AvgIpc) is 3.36. The summed E-state index contributed by atoms with van der Waals surface area (Å²) in [5, 5.41) is 4.39. The average molecular weight is 480 g/mol. The predicted molar refractivity (Wildman–Crippen MR) is 117 cm³/mol. The number of halogens is 3. The van der Waals surface area contributed by atoms with Crippen molar-refractivity contribution in [2.45, 2.75) is 24.2 Å². The maximum atomic E-state index is 12.8. The number of rotatable bonds is 7. The van der Waals surface area contributed by atoms with Crippen molar-refractivity contribution >= 4 is 9.84 Å². The van der Waals surface area contributed by atoms with Crippen LogP contribution in [0.2, 0.25) is 0 Å². The van der Waals surface area contributed by atoms with Gasteiger partial charge in [0, 0.05) is 31.9 Å². The summed E-state index contributed by atoms with van der Waals surface area (Å²) in [4.78, 5) is 2.03. The second-order valence-electron chi connectivity index (χ2n) is 8.27. The van der Waals surface area contributed by atoms with E-state index >= 15 is 0 Å². The zero-order valence-corrected chi connectivity index (χ0v) is 18.8. The summed E-state index contributed by atoms with van der Waals surface area (Å²) in [6, 6.07) is 14.6. The summed E-state index contributed by atoms with van der Waals surface area (Å²) in [6.45, 7) is 2.08. The second kappa shape index (κ2) is 9.18. The van der Waals surface area contributed by atoms with Crippen LogP contribution < -0.4 is 4.74 Å². The number of likely N-dealkylation sites (tertiary alicyclic amines) is 1. The topological polar surface area (TPSA) is 64.4 Å². The van der Waals surface area contributed by atoms with Crippen LogP contribution in [0.1, 0.15) is 12.0 Å². The fraction of sp³-hybridized carbons (Fsp3) is 0.348. The minimum Gasteiger partial charge on any atom is -0.406 e. The van der Waals surface area contributed by atoms with Crippen LogP contribution in [0.4, 0.5) is 13.2 Å². The van der Waals surface area contributed by atoms with E-state index in [1.165, 1.54) is 12.1 Å². The Balaban J connectivity index is 1.35. The van der Waals surface area contributed by atoms with Gasteiger partial charge in [0.1, 0.15) is 5.75 Å². The fourth-order valence-corrected chi connectivity index (χ4v) is 5.74. The van der Waals surface area contributed by atoms with Crippen LogP contribution in [0.5, 0.6) is 5.75 Å². The smallest absolute Gasteiger partial charge is 0.406 e. The van der Waals surface area contributed by atoms with Gasteiger partial charge < -0.3 is 4.74 Å². The molecule has 1 aliphatic heterocycles. The van der Waals surface area contributed by atoms with Crippen molar-refractivity contribution in [2.75, 3.05) is 18.8 Å². The number of nitrogens with zero attached hydrogens (tertiary/aromatic N) is 3. The summed E-state index contributed by atoms with van der Waals surface area (Å²) >= 11 is 0. The molecule has 0 aliphatic carbocycles. The summed E-state index contributed by atoms with van der Waals surface area (Å²) in [5.74, 6) is -0.738. The highest BCUT2D eigenvalue weighted by Gasteiger charge is 2.32. The molecule has 2 aromatic carbocycles. The van der Waals surface area contributed by atoms with E-state index in [1.807, 2.05) is 43.6 Å². The van der Waals surface area contributed by atoms with Crippen molar-refractivity contribution < 1.29 is 26.3 Å². The van der Waals surface area contributed by atoms with E-state index in [2.05, 4.69) is 14.7 Å². The van der Waals surface area contributed by atoms with Gasteiger partial charge in [-0.1, -0.05) is 30.3 Å². The summed E-state index contributed by atoms with van der Waals surface area (Å²) in [5.41, 5.74) is 3.05. The molecular formula is C23H24F3N3O3S. The Morgan fingerprint density at radius 1 is 1.12 bits per heavy atom. The Morgan fingerprint density at radius 2 is 1.88 bits per heavy atom. The molecule has 33 heavy (non-hydrogen) atoms. The van der Waals surface area contributed by atoms with Crippen LogP contribution >= 0.6 is 0 Å². The zero-order chi connectivity index (χ0) is 23.6. The molecule has 1 aromatic heterocycles. The van der Waals surface area contributed by atoms with Gasteiger partial charge in [0.15, 0.2) is 9.84 Å². The summed E-state index contributed by atoms with van der Waals surface area (Å²) < 4.78 is 68.5. The highest BCUT2D eigenvalue weighted by molar-refractivity contribution is 7.91. The molecule has 176 valence electrons. The van der Waals surface area contributed by atoms with E-state index in [1.54, 1.807) is 4.68 Å². The van der Waals surface area contributed by atoms with Crippen LogP contribution in [0.3, 0.4) is 0 Å². The molecule has 10 heteroatoms. The van der Waals surface area contributed by atoms with Crippen molar-refractivity contribution in [1.29, 1.82) is 0 Å². The van der Waals surface area contributed by atoms with Crippen LogP contribution in [0, 0.1) is 5.92 Å². The number of hydrogen-bond donors (Lipinski definition) is 0. The second-order valence-corrected chi connectivity index (χ2v) is 10.3. The lowest BCUT2D eigenvalue weighted by atomic mass is 10.1. The van der Waals surface area contributed by atoms with Gasteiger partial charge in [-0.2, -0.15) is 5.10 Å². The standard InChI is InChI=1S/C23H24F3N3O3S/c1-28-11-10-22(27-28)19-7-5-17(6-8-19)14-29-12-9-18(15-29)16-33(30,31)21-4-2-3-20(13-21)32-23(24,25)26/h2-8,10-11,13,18H,9,12,14-16H2,1H3/t18-/m1/s1. The molecule has 0 radical (unpaired) electrons. The maximum absolute atomic E-state index is 12.8. The molecule has 1 aliphatic rings. The molecule has 0 saturated carbocycles. The highest BCUT2D eigenvalue weighted by atomic mass is 32.2. The Bertz CT molecular complexity index is 1210. The Morgan fingerprint density at radius 3 is 2.55 bits per heavy atom. The van der Waals surface area contributed by atoms with E-state index in [0.29, 0.717) is 19.5 Å². The molecule has 4 rings (SSSR count). The largest absolute Gasteiger partial charge is 0.573 e. The van der Waals surface area contributed by atoms with Crippen LogP contribution in [0.25, 0.3) is 11.3 Å². The van der Waals surface area contributed by atoms with Gasteiger partial charge in [-0.3, -0.25) is 9.58 Å². The van der Waals surface area contributed by atoms with Gasteiger partial charge in [0.25, 0.3) is 0 Å². The Labute approximate surface area is 190 Å². The van der Waals surface area contributed by atoms with Gasteiger partial charge in [0.05, 0.1) is 16.3 Å². The molecule has 1 atom stereocenters. The van der Waals surface area contributed by atoms with Crippen molar-refractivity contribution in [1.82, 2.24) is 14.7 Å². The van der Waals surface area contributed by atoms with E-state index < -0.39 is 21.9 Å². The Kier molecular flexibility index (Phi) is 6.49. The number of benzene rings is 2. The first-order chi connectivity index (χ1) is 15.6. The first kappa shape index (κ1) is 23.3. The normalized spacial score (nSPS) is 17.4. The van der Waals surface area contributed by atoms with Gasteiger partial charge in [-0.05, 0) is 48.7 Å². The molecule has 1 fully saturated rings. The monoisotopic (exact) mass is 479 g/mol. The van der Waals surface area contributed by atoms with Crippen molar-refractivity contribution in [3.8, 4) is 17.0 Å². The molecular weight excluding hydrogens is 455 g/mol.